The van der Waals surface area contributed by atoms with E-state index in [1.807, 2.05) is 0 Å². The number of hydrogen-bond donors (Lipinski definition) is 3. The zero-order valence-electron chi connectivity index (χ0n) is 10.5. The van der Waals surface area contributed by atoms with Crippen molar-refractivity contribution in [1.29, 1.82) is 0 Å². The molecular formula is C12H17N3O4. The molecule has 0 radical (unpaired) electrons. The topological polar surface area (TPSA) is 104 Å². The quantitative estimate of drug-likeness (QED) is 0.650. The molecule has 2 atom stereocenters. The number of nitrogens with zero attached hydrogens (tertiary/aromatic N) is 1. The molecule has 1 heterocycles. The standard InChI is InChI=1S/C12H17N3O4/c16-9-4-2-1-3-8(9)13-11(18)7-15-6-5-10(17)14-12(15)19/h5-6,8-9,16H,1-4,7H2,(H,13,18)(H,14,17,19)/t8-,9-/m1/s1. The minimum atomic E-state index is -0.619. The van der Waals surface area contributed by atoms with Crippen molar-refractivity contribution in [2.45, 2.75) is 44.4 Å². The first-order chi connectivity index (χ1) is 9.06. The number of nitrogens with one attached hydrogen (secondary N) is 2. The predicted octanol–water partition coefficient (Wildman–Crippen LogP) is -1.04. The van der Waals surface area contributed by atoms with E-state index in [1.54, 1.807) is 0 Å². The Hall–Kier alpha value is -1.89. The summed E-state index contributed by atoms with van der Waals surface area (Å²) < 4.78 is 1.12. The van der Waals surface area contributed by atoms with E-state index in [0.29, 0.717) is 6.42 Å². The van der Waals surface area contributed by atoms with E-state index >= 15 is 0 Å². The first kappa shape index (κ1) is 13.5. The molecule has 104 valence electrons. The molecule has 1 aliphatic rings. The Morgan fingerprint density at radius 3 is 2.84 bits per heavy atom. The number of aromatic amines is 1. The van der Waals surface area contributed by atoms with Crippen LogP contribution in [0.1, 0.15) is 25.7 Å². The number of aliphatic hydroxyl groups is 1. The predicted molar refractivity (Wildman–Crippen MR) is 67.7 cm³/mol. The van der Waals surface area contributed by atoms with Crippen LogP contribution in [0.5, 0.6) is 0 Å². The van der Waals surface area contributed by atoms with E-state index in [2.05, 4.69) is 10.3 Å². The number of H-pyrrole nitrogens is 1. The highest BCUT2D eigenvalue weighted by Crippen LogP contribution is 2.18. The van der Waals surface area contributed by atoms with Gasteiger partial charge in [-0.2, -0.15) is 0 Å². The molecule has 2 rings (SSSR count). The van der Waals surface area contributed by atoms with Crippen molar-refractivity contribution in [1.82, 2.24) is 14.9 Å². The molecular weight excluding hydrogens is 250 g/mol. The van der Waals surface area contributed by atoms with Gasteiger partial charge in [0.2, 0.25) is 5.91 Å². The lowest BCUT2D eigenvalue weighted by Crippen LogP contribution is -2.47. The maximum atomic E-state index is 11.8. The average Bonchev–Trinajstić information content (AvgIpc) is 2.36. The van der Waals surface area contributed by atoms with Crippen LogP contribution in [0.4, 0.5) is 0 Å². The SMILES string of the molecule is O=C(Cn1ccc(=O)[nH]c1=O)N[C@@H]1CCCC[C@H]1O. The third-order valence-electron chi connectivity index (χ3n) is 3.29. The summed E-state index contributed by atoms with van der Waals surface area (Å²) in [6.07, 6.45) is 4.12. The number of aromatic nitrogens is 2. The van der Waals surface area contributed by atoms with Crippen molar-refractivity contribution in [2.24, 2.45) is 0 Å². The molecule has 1 aromatic rings. The number of amides is 1. The lowest BCUT2D eigenvalue weighted by Gasteiger charge is -2.28. The Bertz CT molecular complexity index is 563. The third-order valence-corrected chi connectivity index (χ3v) is 3.29. The Labute approximate surface area is 109 Å². The van der Waals surface area contributed by atoms with Crippen LogP contribution in [-0.2, 0) is 11.3 Å². The van der Waals surface area contributed by atoms with Crippen molar-refractivity contribution in [3.8, 4) is 0 Å². The van der Waals surface area contributed by atoms with Crippen molar-refractivity contribution in [3.63, 3.8) is 0 Å². The van der Waals surface area contributed by atoms with E-state index in [0.717, 1.165) is 23.8 Å². The van der Waals surface area contributed by atoms with E-state index in [9.17, 15) is 19.5 Å². The number of aliphatic hydroxyl groups excluding tert-OH is 1. The fraction of sp³-hybridized carbons (Fsp3) is 0.583. The van der Waals surface area contributed by atoms with Gasteiger partial charge in [0.25, 0.3) is 5.56 Å². The normalized spacial score (nSPS) is 23.0. The van der Waals surface area contributed by atoms with Gasteiger partial charge >= 0.3 is 5.69 Å². The van der Waals surface area contributed by atoms with Crippen LogP contribution in [0.15, 0.2) is 21.9 Å². The molecule has 1 aromatic heterocycles. The van der Waals surface area contributed by atoms with Crippen LogP contribution in [0.2, 0.25) is 0 Å². The monoisotopic (exact) mass is 267 g/mol. The van der Waals surface area contributed by atoms with Crippen molar-refractivity contribution >= 4 is 5.91 Å². The van der Waals surface area contributed by atoms with Crippen LogP contribution in [0.3, 0.4) is 0 Å². The summed E-state index contributed by atoms with van der Waals surface area (Å²) in [7, 11) is 0. The fourth-order valence-electron chi connectivity index (χ4n) is 2.26. The number of carbonyl (C=O) groups excluding carboxylic acids is 1. The van der Waals surface area contributed by atoms with Crippen LogP contribution < -0.4 is 16.6 Å². The largest absolute Gasteiger partial charge is 0.391 e. The molecule has 0 aliphatic heterocycles. The highest BCUT2D eigenvalue weighted by atomic mass is 16.3. The average molecular weight is 267 g/mol. The second-order valence-electron chi connectivity index (χ2n) is 4.76. The van der Waals surface area contributed by atoms with Gasteiger partial charge in [0.05, 0.1) is 12.1 Å². The smallest absolute Gasteiger partial charge is 0.328 e. The molecule has 3 N–H and O–H groups in total. The third kappa shape index (κ3) is 3.54. The number of hydrogen-bond acceptors (Lipinski definition) is 4. The van der Waals surface area contributed by atoms with Crippen LogP contribution in [0.25, 0.3) is 0 Å². The number of rotatable bonds is 3. The second kappa shape index (κ2) is 5.83. The molecule has 19 heavy (non-hydrogen) atoms. The van der Waals surface area contributed by atoms with Crippen molar-refractivity contribution in [2.75, 3.05) is 0 Å². The van der Waals surface area contributed by atoms with E-state index < -0.39 is 17.4 Å². The summed E-state index contributed by atoms with van der Waals surface area (Å²) in [4.78, 5) is 36.2. The molecule has 0 bridgehead atoms. The highest BCUT2D eigenvalue weighted by molar-refractivity contribution is 5.76. The van der Waals surface area contributed by atoms with Gasteiger partial charge in [-0.3, -0.25) is 19.1 Å². The summed E-state index contributed by atoms with van der Waals surface area (Å²) in [5, 5.41) is 12.5. The molecule has 0 spiro atoms. The van der Waals surface area contributed by atoms with Gasteiger partial charge in [-0.25, -0.2) is 4.79 Å². The van der Waals surface area contributed by atoms with Crippen LogP contribution in [0, 0.1) is 0 Å². The first-order valence-corrected chi connectivity index (χ1v) is 6.33. The van der Waals surface area contributed by atoms with E-state index in [1.165, 1.54) is 12.3 Å². The highest BCUT2D eigenvalue weighted by Gasteiger charge is 2.24. The Balaban J connectivity index is 1.97. The summed E-state index contributed by atoms with van der Waals surface area (Å²) in [6.45, 7) is -0.168. The van der Waals surface area contributed by atoms with Crippen molar-refractivity contribution in [3.05, 3.63) is 33.1 Å². The van der Waals surface area contributed by atoms with Gasteiger partial charge in [0.1, 0.15) is 6.54 Å². The molecule has 1 aliphatic carbocycles. The van der Waals surface area contributed by atoms with Gasteiger partial charge in [0, 0.05) is 12.3 Å². The summed E-state index contributed by atoms with van der Waals surface area (Å²) in [5.41, 5.74) is -1.11. The van der Waals surface area contributed by atoms with E-state index in [-0.39, 0.29) is 18.5 Å². The molecule has 7 heteroatoms. The minimum Gasteiger partial charge on any atom is -0.391 e. The summed E-state index contributed by atoms with van der Waals surface area (Å²) in [6, 6.07) is 0.934. The Morgan fingerprint density at radius 1 is 1.42 bits per heavy atom. The molecule has 7 nitrogen and oxygen atoms in total. The Kier molecular flexibility index (Phi) is 4.16. The molecule has 0 aromatic carbocycles. The lowest BCUT2D eigenvalue weighted by atomic mass is 9.92. The van der Waals surface area contributed by atoms with Gasteiger partial charge in [-0.1, -0.05) is 12.8 Å². The zero-order valence-corrected chi connectivity index (χ0v) is 10.5. The molecule has 1 saturated carbocycles. The summed E-state index contributed by atoms with van der Waals surface area (Å²) >= 11 is 0. The number of carbonyl (C=O) groups is 1. The fourth-order valence-corrected chi connectivity index (χ4v) is 2.26. The van der Waals surface area contributed by atoms with Gasteiger partial charge in [0.15, 0.2) is 0 Å². The van der Waals surface area contributed by atoms with Crippen LogP contribution in [-0.4, -0.2) is 32.7 Å². The van der Waals surface area contributed by atoms with E-state index in [4.69, 9.17) is 0 Å². The summed E-state index contributed by atoms with van der Waals surface area (Å²) in [5.74, 6) is -0.347. The maximum absolute atomic E-state index is 11.8. The van der Waals surface area contributed by atoms with Crippen LogP contribution >= 0.6 is 0 Å². The maximum Gasteiger partial charge on any atom is 0.328 e. The van der Waals surface area contributed by atoms with Crippen molar-refractivity contribution < 1.29 is 9.90 Å². The minimum absolute atomic E-state index is 0.168. The van der Waals surface area contributed by atoms with Gasteiger partial charge in [-0.15, -0.1) is 0 Å². The second-order valence-corrected chi connectivity index (χ2v) is 4.76. The first-order valence-electron chi connectivity index (χ1n) is 6.33. The molecule has 1 amide bonds. The lowest BCUT2D eigenvalue weighted by molar-refractivity contribution is -0.123. The van der Waals surface area contributed by atoms with Gasteiger partial charge in [-0.05, 0) is 12.8 Å². The molecule has 0 unspecified atom stereocenters. The Morgan fingerprint density at radius 2 is 2.16 bits per heavy atom. The zero-order chi connectivity index (χ0) is 13.8. The van der Waals surface area contributed by atoms with Gasteiger partial charge < -0.3 is 10.4 Å². The molecule has 1 fully saturated rings. The molecule has 0 saturated heterocycles.